The monoisotopic (exact) mass is 167 g/mol. The van der Waals surface area contributed by atoms with Gasteiger partial charge in [0.15, 0.2) is 0 Å². The molecule has 0 bridgehead atoms. The molecule has 1 aromatic heterocycles. The molecule has 0 unspecified atom stereocenters. The summed E-state index contributed by atoms with van der Waals surface area (Å²) in [6.45, 7) is 0. The van der Waals surface area contributed by atoms with E-state index in [2.05, 4.69) is 5.92 Å². The van der Waals surface area contributed by atoms with Gasteiger partial charge < -0.3 is 0 Å². The number of hydrogen-bond acceptors (Lipinski definition) is 3. The van der Waals surface area contributed by atoms with Crippen molar-refractivity contribution in [3.63, 3.8) is 0 Å². The van der Waals surface area contributed by atoms with Crippen molar-refractivity contribution >= 4 is 17.2 Å². The quantitative estimate of drug-likeness (QED) is 0.370. The number of hydrogen-bond donors (Lipinski definition) is 2. The van der Waals surface area contributed by atoms with Gasteiger partial charge in [0, 0.05) is 5.38 Å². The van der Waals surface area contributed by atoms with Gasteiger partial charge in [-0.15, -0.1) is 17.8 Å². The fraction of sp³-hybridized carbons (Fsp3) is 0. The summed E-state index contributed by atoms with van der Waals surface area (Å²) in [6, 6.07) is 1.54. The van der Waals surface area contributed by atoms with E-state index in [4.69, 9.17) is 11.6 Å². The van der Waals surface area contributed by atoms with Gasteiger partial charge in [0.1, 0.15) is 0 Å². The third-order valence-corrected chi connectivity index (χ3v) is 1.97. The van der Waals surface area contributed by atoms with E-state index in [1.165, 1.54) is 22.9 Å². The lowest BCUT2D eigenvalue weighted by Gasteiger charge is -1.89. The Morgan fingerprint density at radius 3 is 3.00 bits per heavy atom. The molecule has 0 radical (unpaired) electrons. The van der Waals surface area contributed by atoms with Crippen LogP contribution in [0, 0.1) is 12.3 Å². The molecule has 11 heavy (non-hydrogen) atoms. The van der Waals surface area contributed by atoms with E-state index in [1.807, 2.05) is 0 Å². The average Bonchev–Trinajstić information content (AvgIpc) is 2.50. The Balaban J connectivity index is 2.91. The van der Waals surface area contributed by atoms with Gasteiger partial charge in [-0.2, -0.15) is 0 Å². The van der Waals surface area contributed by atoms with Crippen LogP contribution in [0.15, 0.2) is 11.4 Å². The molecule has 0 saturated carbocycles. The Morgan fingerprint density at radius 2 is 2.55 bits per heavy atom. The zero-order chi connectivity index (χ0) is 8.27. The second kappa shape index (κ2) is 3.19. The highest BCUT2D eigenvalue weighted by Crippen LogP contribution is 2.12. The van der Waals surface area contributed by atoms with Crippen molar-refractivity contribution < 1.29 is 10.0 Å². The van der Waals surface area contributed by atoms with Gasteiger partial charge in [-0.25, -0.2) is 5.48 Å². The van der Waals surface area contributed by atoms with Crippen LogP contribution in [0.2, 0.25) is 0 Å². The van der Waals surface area contributed by atoms with Crippen molar-refractivity contribution in [2.24, 2.45) is 0 Å². The Bertz CT molecular complexity index is 310. The summed E-state index contributed by atoms with van der Waals surface area (Å²) in [7, 11) is 0. The van der Waals surface area contributed by atoms with Crippen LogP contribution in [0.3, 0.4) is 0 Å². The number of rotatable bonds is 1. The third-order valence-electron chi connectivity index (χ3n) is 1.11. The maximum absolute atomic E-state index is 10.7. The summed E-state index contributed by atoms with van der Waals surface area (Å²) < 4.78 is 0. The van der Waals surface area contributed by atoms with E-state index in [9.17, 15) is 4.79 Å². The first kappa shape index (κ1) is 7.79. The average molecular weight is 167 g/mol. The molecule has 56 valence electrons. The van der Waals surface area contributed by atoms with Crippen molar-refractivity contribution in [3.8, 4) is 12.3 Å². The molecule has 0 fully saturated rings. The Labute approximate surface area is 67.6 Å². The maximum Gasteiger partial charge on any atom is 0.275 e. The molecule has 3 nitrogen and oxygen atoms in total. The first-order valence-corrected chi connectivity index (χ1v) is 3.65. The SMILES string of the molecule is C#Cc1cc(C(=O)NO)cs1. The van der Waals surface area contributed by atoms with Crippen LogP contribution in [0.5, 0.6) is 0 Å². The Hall–Kier alpha value is -1.31. The van der Waals surface area contributed by atoms with Crippen LogP contribution in [-0.2, 0) is 0 Å². The highest BCUT2D eigenvalue weighted by Gasteiger charge is 2.05. The van der Waals surface area contributed by atoms with Gasteiger partial charge in [0.05, 0.1) is 10.4 Å². The van der Waals surface area contributed by atoms with E-state index < -0.39 is 5.91 Å². The van der Waals surface area contributed by atoms with Crippen molar-refractivity contribution in [1.29, 1.82) is 0 Å². The summed E-state index contributed by atoms with van der Waals surface area (Å²) in [5, 5.41) is 9.81. The van der Waals surface area contributed by atoms with E-state index in [-0.39, 0.29) is 0 Å². The molecule has 0 aliphatic rings. The highest BCUT2D eigenvalue weighted by atomic mass is 32.1. The lowest BCUT2D eigenvalue weighted by Crippen LogP contribution is -2.17. The molecule has 1 heterocycles. The molecule has 1 aromatic rings. The molecule has 0 aromatic carbocycles. The molecular formula is C7H5NO2S. The predicted molar refractivity (Wildman–Crippen MR) is 41.5 cm³/mol. The molecule has 0 aliphatic carbocycles. The van der Waals surface area contributed by atoms with E-state index in [0.717, 1.165) is 0 Å². The van der Waals surface area contributed by atoms with Gasteiger partial charge in [-0.05, 0) is 6.07 Å². The van der Waals surface area contributed by atoms with Gasteiger partial charge >= 0.3 is 0 Å². The lowest BCUT2D eigenvalue weighted by atomic mass is 10.3. The number of amides is 1. The highest BCUT2D eigenvalue weighted by molar-refractivity contribution is 7.10. The minimum atomic E-state index is -0.539. The molecule has 4 heteroatoms. The number of thiophene rings is 1. The minimum Gasteiger partial charge on any atom is -0.288 e. The zero-order valence-corrected chi connectivity index (χ0v) is 6.31. The van der Waals surface area contributed by atoms with Crippen molar-refractivity contribution in [2.45, 2.75) is 0 Å². The molecule has 1 amide bonds. The summed E-state index contributed by atoms with van der Waals surface area (Å²) >= 11 is 1.29. The second-order valence-electron chi connectivity index (χ2n) is 1.78. The van der Waals surface area contributed by atoms with Crippen LogP contribution in [0.25, 0.3) is 0 Å². The molecule has 0 saturated heterocycles. The van der Waals surface area contributed by atoms with E-state index >= 15 is 0 Å². The van der Waals surface area contributed by atoms with Crippen molar-refractivity contribution in [2.75, 3.05) is 0 Å². The standard InChI is InChI=1S/C7H5NO2S/c1-2-6-3-5(4-11-6)7(9)8-10/h1,3-4,10H,(H,8,9). The summed E-state index contributed by atoms with van der Waals surface area (Å²) in [4.78, 5) is 11.4. The van der Waals surface area contributed by atoms with Crippen molar-refractivity contribution in [3.05, 3.63) is 21.9 Å². The van der Waals surface area contributed by atoms with Crippen LogP contribution in [0.1, 0.15) is 15.2 Å². The van der Waals surface area contributed by atoms with Gasteiger partial charge in [0.2, 0.25) is 0 Å². The van der Waals surface area contributed by atoms with Crippen LogP contribution < -0.4 is 5.48 Å². The Morgan fingerprint density at radius 1 is 1.82 bits per heavy atom. The number of carbonyl (C=O) groups is 1. The maximum atomic E-state index is 10.7. The lowest BCUT2D eigenvalue weighted by molar-refractivity contribution is 0.0707. The first-order valence-electron chi connectivity index (χ1n) is 2.77. The van der Waals surface area contributed by atoms with E-state index in [1.54, 1.807) is 5.38 Å². The van der Waals surface area contributed by atoms with Crippen LogP contribution >= 0.6 is 11.3 Å². The largest absolute Gasteiger partial charge is 0.288 e. The molecule has 0 atom stereocenters. The van der Waals surface area contributed by atoms with Crippen molar-refractivity contribution in [1.82, 2.24) is 5.48 Å². The fourth-order valence-corrected chi connectivity index (χ4v) is 1.29. The van der Waals surface area contributed by atoms with E-state index in [0.29, 0.717) is 10.4 Å². The van der Waals surface area contributed by atoms with Crippen LogP contribution in [0.4, 0.5) is 0 Å². The Kier molecular flexibility index (Phi) is 2.26. The molecular weight excluding hydrogens is 162 g/mol. The van der Waals surface area contributed by atoms with Crippen LogP contribution in [-0.4, -0.2) is 11.1 Å². The second-order valence-corrected chi connectivity index (χ2v) is 2.70. The molecule has 1 rings (SSSR count). The summed E-state index contributed by atoms with van der Waals surface area (Å²) in [6.07, 6.45) is 5.07. The van der Waals surface area contributed by atoms with Gasteiger partial charge in [-0.1, -0.05) is 5.92 Å². The number of terminal acetylenes is 1. The van der Waals surface area contributed by atoms with Gasteiger partial charge in [-0.3, -0.25) is 10.0 Å². The third kappa shape index (κ3) is 1.58. The predicted octanol–water partition coefficient (Wildman–Crippen LogP) is 0.848. The normalized spacial score (nSPS) is 8.73. The number of carbonyl (C=O) groups excluding carboxylic acids is 1. The molecule has 0 aliphatic heterocycles. The zero-order valence-electron chi connectivity index (χ0n) is 5.50. The topological polar surface area (TPSA) is 49.3 Å². The minimum absolute atomic E-state index is 0.380. The number of nitrogens with one attached hydrogen (secondary N) is 1. The molecule has 0 spiro atoms. The smallest absolute Gasteiger partial charge is 0.275 e. The molecule has 2 N–H and O–H groups in total. The van der Waals surface area contributed by atoms with Gasteiger partial charge in [0.25, 0.3) is 5.91 Å². The fourth-order valence-electron chi connectivity index (χ4n) is 0.596. The first-order chi connectivity index (χ1) is 5.27. The number of hydroxylamine groups is 1. The summed E-state index contributed by atoms with van der Waals surface area (Å²) in [5.41, 5.74) is 1.90. The summed E-state index contributed by atoms with van der Waals surface area (Å²) in [5.74, 6) is 1.84.